The van der Waals surface area contributed by atoms with Gasteiger partial charge in [-0.2, -0.15) is 0 Å². The van der Waals surface area contributed by atoms with Crippen LogP contribution in [0.1, 0.15) is 40.3 Å². The van der Waals surface area contributed by atoms with E-state index in [1.807, 2.05) is 50.7 Å². The van der Waals surface area contributed by atoms with Crippen molar-refractivity contribution in [1.82, 2.24) is 14.4 Å². The van der Waals surface area contributed by atoms with Crippen LogP contribution in [0.2, 0.25) is 0 Å². The van der Waals surface area contributed by atoms with Gasteiger partial charge in [0.2, 0.25) is 11.8 Å². The number of hydrogen-bond acceptors (Lipinski definition) is 3. The molecule has 1 aromatic rings. The first-order valence-electron chi connectivity index (χ1n) is 9.22. The summed E-state index contributed by atoms with van der Waals surface area (Å²) in [6.07, 6.45) is 1.96. The number of nitrogens with zero attached hydrogens (tertiary/aromatic N) is 3. The minimum Gasteiger partial charge on any atom is -0.383 e. The highest BCUT2D eigenvalue weighted by Crippen LogP contribution is 2.19. The molecule has 148 valence electrons. The van der Waals surface area contributed by atoms with Gasteiger partial charge < -0.3 is 19.1 Å². The molecule has 0 radical (unpaired) electrons. The SMILES string of the molecule is COCCN(Cc1cccn1C)C(=O)CN(CC(C)C)C(=O)C(C)(C)C. The number of carbonyl (C=O) groups excluding carboxylic acids is 2. The molecule has 0 unspecified atom stereocenters. The number of methoxy groups -OCH3 is 1. The lowest BCUT2D eigenvalue weighted by Crippen LogP contribution is -2.48. The second kappa shape index (κ2) is 9.76. The van der Waals surface area contributed by atoms with E-state index < -0.39 is 5.41 Å². The fraction of sp³-hybridized carbons (Fsp3) is 0.700. The van der Waals surface area contributed by atoms with Crippen molar-refractivity contribution >= 4 is 11.8 Å². The minimum atomic E-state index is -0.509. The lowest BCUT2D eigenvalue weighted by molar-refractivity contribution is -0.146. The normalized spacial score (nSPS) is 11.7. The molecule has 6 heteroatoms. The molecule has 2 amide bonds. The van der Waals surface area contributed by atoms with E-state index in [4.69, 9.17) is 4.74 Å². The topological polar surface area (TPSA) is 54.8 Å². The van der Waals surface area contributed by atoms with Crippen LogP contribution in [0.15, 0.2) is 18.3 Å². The van der Waals surface area contributed by atoms with E-state index in [1.165, 1.54) is 0 Å². The predicted octanol–water partition coefficient (Wildman–Crippen LogP) is 2.53. The summed E-state index contributed by atoms with van der Waals surface area (Å²) in [6.45, 7) is 11.9. The van der Waals surface area contributed by atoms with E-state index in [0.717, 1.165) is 5.69 Å². The number of aromatic nitrogens is 1. The van der Waals surface area contributed by atoms with E-state index in [2.05, 4.69) is 13.8 Å². The Labute approximate surface area is 158 Å². The van der Waals surface area contributed by atoms with Gasteiger partial charge in [-0.3, -0.25) is 9.59 Å². The standard InChI is InChI=1S/C20H35N3O3/c1-16(2)13-23(19(25)20(3,4)5)15-18(24)22(11-12-26-7)14-17-9-8-10-21(17)6/h8-10,16H,11-15H2,1-7H3. The van der Waals surface area contributed by atoms with Crippen molar-refractivity contribution in [2.75, 3.05) is 33.4 Å². The maximum Gasteiger partial charge on any atom is 0.242 e. The van der Waals surface area contributed by atoms with Gasteiger partial charge >= 0.3 is 0 Å². The third-order valence-corrected chi connectivity index (χ3v) is 4.16. The predicted molar refractivity (Wildman–Crippen MR) is 104 cm³/mol. The van der Waals surface area contributed by atoms with Gasteiger partial charge in [0, 0.05) is 44.6 Å². The van der Waals surface area contributed by atoms with Crippen LogP contribution in [0.3, 0.4) is 0 Å². The Kier molecular flexibility index (Phi) is 8.34. The number of rotatable bonds is 9. The number of hydrogen-bond donors (Lipinski definition) is 0. The molecule has 0 spiro atoms. The first kappa shape index (κ1) is 22.2. The molecule has 0 aliphatic heterocycles. The molecule has 0 aliphatic carbocycles. The van der Waals surface area contributed by atoms with Crippen molar-refractivity contribution in [3.05, 3.63) is 24.0 Å². The zero-order valence-corrected chi connectivity index (χ0v) is 17.4. The molecule has 0 fully saturated rings. The number of amides is 2. The smallest absolute Gasteiger partial charge is 0.242 e. The Bertz CT molecular complexity index is 587. The molecule has 26 heavy (non-hydrogen) atoms. The lowest BCUT2D eigenvalue weighted by atomic mass is 9.94. The molecule has 0 N–H and O–H groups in total. The zero-order chi connectivity index (χ0) is 19.9. The van der Waals surface area contributed by atoms with Crippen LogP contribution in [0.25, 0.3) is 0 Å². The van der Waals surface area contributed by atoms with E-state index in [-0.39, 0.29) is 18.4 Å². The summed E-state index contributed by atoms with van der Waals surface area (Å²) < 4.78 is 7.16. The summed E-state index contributed by atoms with van der Waals surface area (Å²) in [6, 6.07) is 3.96. The van der Waals surface area contributed by atoms with E-state index in [0.29, 0.717) is 32.2 Å². The van der Waals surface area contributed by atoms with Gasteiger partial charge in [-0.05, 0) is 18.1 Å². The summed E-state index contributed by atoms with van der Waals surface area (Å²) in [4.78, 5) is 29.2. The molecule has 0 atom stereocenters. The highest BCUT2D eigenvalue weighted by atomic mass is 16.5. The summed E-state index contributed by atoms with van der Waals surface area (Å²) in [5.74, 6) is 0.251. The van der Waals surface area contributed by atoms with Crippen molar-refractivity contribution in [2.45, 2.75) is 41.2 Å². The molecule has 0 aliphatic rings. The Hall–Kier alpha value is -1.82. The van der Waals surface area contributed by atoms with E-state index >= 15 is 0 Å². The van der Waals surface area contributed by atoms with Gasteiger partial charge in [0.1, 0.15) is 0 Å². The molecule has 1 rings (SSSR count). The van der Waals surface area contributed by atoms with Gasteiger partial charge in [0.05, 0.1) is 19.7 Å². The second-order valence-corrected chi connectivity index (χ2v) is 8.25. The molecule has 0 saturated carbocycles. The third-order valence-electron chi connectivity index (χ3n) is 4.16. The zero-order valence-electron chi connectivity index (χ0n) is 17.4. The first-order chi connectivity index (χ1) is 12.1. The Morgan fingerprint density at radius 1 is 1.23 bits per heavy atom. The maximum absolute atomic E-state index is 13.0. The van der Waals surface area contributed by atoms with Gasteiger partial charge in [0.15, 0.2) is 0 Å². The average Bonchev–Trinajstić information content (AvgIpc) is 2.93. The summed E-state index contributed by atoms with van der Waals surface area (Å²) in [5.41, 5.74) is 0.539. The van der Waals surface area contributed by atoms with Gasteiger partial charge in [-0.1, -0.05) is 34.6 Å². The van der Waals surface area contributed by atoms with Gasteiger partial charge in [-0.25, -0.2) is 0 Å². The number of carbonyl (C=O) groups is 2. The molecule has 0 aromatic carbocycles. The number of aryl methyl sites for hydroxylation is 1. The Morgan fingerprint density at radius 2 is 1.88 bits per heavy atom. The number of ether oxygens (including phenoxy) is 1. The third kappa shape index (κ3) is 6.83. The summed E-state index contributed by atoms with van der Waals surface area (Å²) >= 11 is 0. The Morgan fingerprint density at radius 3 is 2.35 bits per heavy atom. The largest absolute Gasteiger partial charge is 0.383 e. The molecule has 0 bridgehead atoms. The van der Waals surface area contributed by atoms with Crippen molar-refractivity contribution in [3.8, 4) is 0 Å². The molecule has 1 heterocycles. The molecular weight excluding hydrogens is 330 g/mol. The Balaban J connectivity index is 2.92. The van der Waals surface area contributed by atoms with Crippen molar-refractivity contribution < 1.29 is 14.3 Å². The quantitative estimate of drug-likeness (QED) is 0.676. The van der Waals surface area contributed by atoms with E-state index in [1.54, 1.807) is 16.9 Å². The van der Waals surface area contributed by atoms with Crippen LogP contribution >= 0.6 is 0 Å². The highest BCUT2D eigenvalue weighted by molar-refractivity contribution is 5.87. The van der Waals surface area contributed by atoms with Crippen LogP contribution in [-0.4, -0.2) is 59.5 Å². The van der Waals surface area contributed by atoms with Gasteiger partial charge in [-0.15, -0.1) is 0 Å². The molecular formula is C20H35N3O3. The summed E-state index contributed by atoms with van der Waals surface area (Å²) in [7, 11) is 3.59. The van der Waals surface area contributed by atoms with Crippen LogP contribution in [0.5, 0.6) is 0 Å². The van der Waals surface area contributed by atoms with Crippen molar-refractivity contribution in [2.24, 2.45) is 18.4 Å². The lowest BCUT2D eigenvalue weighted by Gasteiger charge is -2.32. The first-order valence-corrected chi connectivity index (χ1v) is 9.22. The molecule has 6 nitrogen and oxygen atoms in total. The van der Waals surface area contributed by atoms with Crippen molar-refractivity contribution in [3.63, 3.8) is 0 Å². The average molecular weight is 366 g/mol. The summed E-state index contributed by atoms with van der Waals surface area (Å²) in [5, 5.41) is 0. The highest BCUT2D eigenvalue weighted by Gasteiger charge is 2.30. The monoisotopic (exact) mass is 365 g/mol. The molecule has 0 saturated heterocycles. The molecule has 1 aromatic heterocycles. The fourth-order valence-electron chi connectivity index (χ4n) is 2.75. The van der Waals surface area contributed by atoms with Gasteiger partial charge in [0.25, 0.3) is 0 Å². The van der Waals surface area contributed by atoms with Crippen LogP contribution in [0.4, 0.5) is 0 Å². The second-order valence-electron chi connectivity index (χ2n) is 8.25. The van der Waals surface area contributed by atoms with Crippen LogP contribution in [0, 0.1) is 11.3 Å². The fourth-order valence-corrected chi connectivity index (χ4v) is 2.75. The minimum absolute atomic E-state index is 0.00473. The van der Waals surface area contributed by atoms with Crippen LogP contribution in [-0.2, 0) is 27.9 Å². The van der Waals surface area contributed by atoms with E-state index in [9.17, 15) is 9.59 Å². The van der Waals surface area contributed by atoms with Crippen LogP contribution < -0.4 is 0 Å². The van der Waals surface area contributed by atoms with Crippen molar-refractivity contribution in [1.29, 1.82) is 0 Å². The maximum atomic E-state index is 13.0.